The fourth-order valence-electron chi connectivity index (χ4n) is 6.98. The molecule has 3 amide bonds. The standard InChI is InChI=1S/C34H32Cl2N2O5/c1-4-5-18-43-32(42)20-14-16-21(17-15-20)37-29(39)28(19(2)3)38-30(40)26-27(31(38)41)34(36)23-11-7-6-10-22(23)33(26,35)24-12-8-9-13-25(24)34/h6-17,19,26-28H,4-5,18H2,1-3H3,(H,37,39)/t26-,27-,28-,33?,34?/m0/s1. The molecule has 1 saturated heterocycles. The zero-order chi connectivity index (χ0) is 30.7. The van der Waals surface area contributed by atoms with Crippen LogP contribution >= 0.6 is 23.2 Å². The third kappa shape index (κ3) is 4.23. The van der Waals surface area contributed by atoms with E-state index in [2.05, 4.69) is 5.32 Å². The number of carbonyl (C=O) groups excluding carboxylic acids is 4. The highest BCUT2D eigenvalue weighted by atomic mass is 35.5. The Morgan fingerprint density at radius 3 is 1.72 bits per heavy atom. The molecule has 3 aromatic carbocycles. The Balaban J connectivity index is 1.33. The van der Waals surface area contributed by atoms with Gasteiger partial charge in [0, 0.05) is 5.69 Å². The summed E-state index contributed by atoms with van der Waals surface area (Å²) in [6.07, 6.45) is 1.69. The minimum atomic E-state index is -1.32. The summed E-state index contributed by atoms with van der Waals surface area (Å²) in [6.45, 7) is 5.92. The predicted octanol–water partition coefficient (Wildman–Crippen LogP) is 6.20. The van der Waals surface area contributed by atoms with Crippen LogP contribution in [0.25, 0.3) is 0 Å². The number of rotatable bonds is 8. The zero-order valence-electron chi connectivity index (χ0n) is 24.1. The van der Waals surface area contributed by atoms with Crippen molar-refractivity contribution in [3.05, 3.63) is 101 Å². The Hall–Kier alpha value is -3.68. The lowest BCUT2D eigenvalue weighted by molar-refractivity contribution is -0.148. The number of likely N-dealkylation sites (tertiary alicyclic amines) is 1. The van der Waals surface area contributed by atoms with E-state index in [1.54, 1.807) is 38.1 Å². The molecule has 43 heavy (non-hydrogen) atoms. The van der Waals surface area contributed by atoms with Crippen LogP contribution in [0.1, 0.15) is 66.2 Å². The Bertz CT molecular complexity index is 1510. The molecule has 0 spiro atoms. The first-order valence-electron chi connectivity index (χ1n) is 14.6. The second kappa shape index (κ2) is 10.8. The number of ether oxygens (including phenoxy) is 1. The first-order chi connectivity index (χ1) is 20.6. The van der Waals surface area contributed by atoms with Crippen molar-refractivity contribution in [2.75, 3.05) is 11.9 Å². The van der Waals surface area contributed by atoms with Gasteiger partial charge in [-0.2, -0.15) is 0 Å². The summed E-state index contributed by atoms with van der Waals surface area (Å²) < 4.78 is 5.25. The Kier molecular flexibility index (Phi) is 7.38. The molecule has 1 aliphatic heterocycles. The van der Waals surface area contributed by atoms with E-state index in [1.807, 2.05) is 55.5 Å². The lowest BCUT2D eigenvalue weighted by Crippen LogP contribution is -2.57. The van der Waals surface area contributed by atoms with Crippen LogP contribution in [0.3, 0.4) is 0 Å². The van der Waals surface area contributed by atoms with E-state index in [1.165, 1.54) is 0 Å². The molecule has 1 fully saturated rings. The molecule has 2 bridgehead atoms. The Morgan fingerprint density at radius 1 is 0.837 bits per heavy atom. The van der Waals surface area contributed by atoms with E-state index < -0.39 is 57.2 Å². The maximum Gasteiger partial charge on any atom is 0.338 e. The molecular weight excluding hydrogens is 587 g/mol. The number of carbonyl (C=O) groups is 4. The van der Waals surface area contributed by atoms with Crippen LogP contribution in [0.15, 0.2) is 72.8 Å². The van der Waals surface area contributed by atoms with E-state index in [0.717, 1.165) is 17.7 Å². The van der Waals surface area contributed by atoms with E-state index in [-0.39, 0.29) is 0 Å². The van der Waals surface area contributed by atoms with Gasteiger partial charge in [0.05, 0.1) is 24.0 Å². The van der Waals surface area contributed by atoms with E-state index in [4.69, 9.17) is 27.9 Å². The summed E-state index contributed by atoms with van der Waals surface area (Å²) in [5.41, 5.74) is 3.58. The van der Waals surface area contributed by atoms with Crippen LogP contribution in [0.2, 0.25) is 0 Å². The van der Waals surface area contributed by atoms with Gasteiger partial charge in [-0.05, 0) is 58.9 Å². The molecule has 7 rings (SSSR count). The first-order valence-corrected chi connectivity index (χ1v) is 15.3. The first kappa shape index (κ1) is 29.4. The van der Waals surface area contributed by atoms with Crippen molar-refractivity contribution in [3.8, 4) is 0 Å². The van der Waals surface area contributed by atoms with Crippen molar-refractivity contribution in [1.82, 2.24) is 4.90 Å². The maximum absolute atomic E-state index is 14.4. The van der Waals surface area contributed by atoms with Crippen LogP contribution in [0, 0.1) is 17.8 Å². The molecule has 3 aromatic rings. The highest BCUT2D eigenvalue weighted by Crippen LogP contribution is 2.69. The summed E-state index contributed by atoms with van der Waals surface area (Å²) in [5, 5.41) is 2.83. The summed E-state index contributed by atoms with van der Waals surface area (Å²) >= 11 is 15.0. The lowest BCUT2D eigenvalue weighted by atomic mass is 9.54. The van der Waals surface area contributed by atoms with Crippen molar-refractivity contribution < 1.29 is 23.9 Å². The molecule has 3 atom stereocenters. The van der Waals surface area contributed by atoms with Gasteiger partial charge in [-0.25, -0.2) is 4.79 Å². The molecule has 0 unspecified atom stereocenters. The van der Waals surface area contributed by atoms with Crippen LogP contribution < -0.4 is 5.32 Å². The van der Waals surface area contributed by atoms with Gasteiger partial charge in [-0.1, -0.05) is 75.7 Å². The SMILES string of the molecule is CCCCOC(=O)c1ccc(NC(=O)[C@H](C(C)C)N2C(=O)[C@@H]3[C@@H](C2=O)C2(Cl)c4ccccc4C3(Cl)c3ccccc32)cc1. The molecule has 7 nitrogen and oxygen atoms in total. The minimum absolute atomic E-state index is 0.340. The number of unbranched alkanes of at least 4 members (excludes halogenated alkanes) is 1. The minimum Gasteiger partial charge on any atom is -0.462 e. The van der Waals surface area contributed by atoms with Gasteiger partial charge < -0.3 is 10.1 Å². The number of esters is 1. The van der Waals surface area contributed by atoms with Crippen LogP contribution in [-0.4, -0.2) is 41.2 Å². The monoisotopic (exact) mass is 618 g/mol. The van der Waals surface area contributed by atoms with Crippen molar-refractivity contribution >= 4 is 52.6 Å². The normalized spacial score (nSPS) is 25.7. The third-order valence-corrected chi connectivity index (χ3v) is 10.2. The molecule has 222 valence electrons. The van der Waals surface area contributed by atoms with Crippen LogP contribution in [0.4, 0.5) is 5.69 Å². The summed E-state index contributed by atoms with van der Waals surface area (Å²) in [4.78, 5) is 53.2. The third-order valence-electron chi connectivity index (χ3n) is 8.92. The van der Waals surface area contributed by atoms with Gasteiger partial charge >= 0.3 is 5.97 Å². The van der Waals surface area contributed by atoms with Crippen molar-refractivity contribution in [2.24, 2.45) is 17.8 Å². The van der Waals surface area contributed by atoms with Gasteiger partial charge in [0.15, 0.2) is 0 Å². The maximum atomic E-state index is 14.4. The molecule has 4 aliphatic rings. The van der Waals surface area contributed by atoms with Crippen molar-refractivity contribution in [2.45, 2.75) is 49.4 Å². The number of imide groups is 1. The lowest BCUT2D eigenvalue weighted by Gasteiger charge is -2.54. The van der Waals surface area contributed by atoms with E-state index >= 15 is 0 Å². The average Bonchev–Trinajstić information content (AvgIpc) is 3.27. The van der Waals surface area contributed by atoms with E-state index in [0.29, 0.717) is 40.1 Å². The number of hydrogen-bond donors (Lipinski definition) is 1. The largest absolute Gasteiger partial charge is 0.462 e. The summed E-state index contributed by atoms with van der Waals surface area (Å²) in [6, 6.07) is 20.0. The van der Waals surface area contributed by atoms with Gasteiger partial charge in [-0.15, -0.1) is 23.2 Å². The topological polar surface area (TPSA) is 92.8 Å². The number of benzene rings is 3. The molecule has 0 saturated carbocycles. The molecule has 1 N–H and O–H groups in total. The van der Waals surface area contributed by atoms with Gasteiger partial charge in [0.2, 0.25) is 17.7 Å². The molecule has 0 aromatic heterocycles. The number of alkyl halides is 2. The Labute approximate surface area is 260 Å². The number of anilines is 1. The average molecular weight is 620 g/mol. The second-order valence-corrected chi connectivity index (χ2v) is 13.0. The van der Waals surface area contributed by atoms with Gasteiger partial charge in [0.1, 0.15) is 15.8 Å². The Morgan fingerprint density at radius 2 is 1.30 bits per heavy atom. The molecule has 0 radical (unpaired) electrons. The van der Waals surface area contributed by atoms with Crippen LogP contribution in [-0.2, 0) is 28.9 Å². The number of nitrogens with zero attached hydrogens (tertiary/aromatic N) is 1. The van der Waals surface area contributed by atoms with Gasteiger partial charge in [0.25, 0.3) is 0 Å². The molecule has 9 heteroatoms. The van der Waals surface area contributed by atoms with Crippen molar-refractivity contribution in [3.63, 3.8) is 0 Å². The summed E-state index contributed by atoms with van der Waals surface area (Å²) in [5.74, 6) is -4.39. The quantitative estimate of drug-likeness (QED) is 0.140. The smallest absolute Gasteiger partial charge is 0.338 e. The molecular formula is C34H32Cl2N2O5. The van der Waals surface area contributed by atoms with Crippen LogP contribution in [0.5, 0.6) is 0 Å². The second-order valence-electron chi connectivity index (χ2n) is 11.8. The number of amides is 3. The fraction of sp³-hybridized carbons (Fsp3) is 0.353. The highest BCUT2D eigenvalue weighted by Gasteiger charge is 2.73. The highest BCUT2D eigenvalue weighted by molar-refractivity contribution is 6.36. The fourth-order valence-corrected chi connectivity index (χ4v) is 8.08. The predicted molar refractivity (Wildman–Crippen MR) is 164 cm³/mol. The van der Waals surface area contributed by atoms with E-state index in [9.17, 15) is 19.2 Å². The summed E-state index contributed by atoms with van der Waals surface area (Å²) in [7, 11) is 0. The van der Waals surface area contributed by atoms with Crippen molar-refractivity contribution in [1.29, 1.82) is 0 Å². The molecule has 1 heterocycles. The van der Waals surface area contributed by atoms with Gasteiger partial charge in [-0.3, -0.25) is 19.3 Å². The number of halogens is 2. The number of hydrogen-bond acceptors (Lipinski definition) is 5. The molecule has 3 aliphatic carbocycles. The number of nitrogens with one attached hydrogen (secondary N) is 1. The zero-order valence-corrected chi connectivity index (χ0v) is 25.6.